The van der Waals surface area contributed by atoms with Crippen molar-refractivity contribution in [2.24, 2.45) is 0 Å². The van der Waals surface area contributed by atoms with Gasteiger partial charge < -0.3 is 9.64 Å². The van der Waals surface area contributed by atoms with Crippen LogP contribution in [0.1, 0.15) is 16.1 Å². The average molecular weight is 447 g/mol. The van der Waals surface area contributed by atoms with Gasteiger partial charge in [0.25, 0.3) is 5.91 Å². The van der Waals surface area contributed by atoms with Crippen molar-refractivity contribution in [2.75, 3.05) is 26.2 Å². The number of carbonyl (C=O) groups is 1. The number of hydrogen-bond donors (Lipinski definition) is 0. The van der Waals surface area contributed by atoms with Gasteiger partial charge in [0.1, 0.15) is 5.82 Å². The molecule has 1 aliphatic heterocycles. The smallest absolute Gasteiger partial charge is 0.274 e. The molecule has 1 fully saturated rings. The van der Waals surface area contributed by atoms with Gasteiger partial charge in [0.2, 0.25) is 0 Å². The molecular weight excluding hydrogens is 426 g/mol. The standard InChI is InChI=1S/C22H21ClF2N4O2/c23-17-3-1-2-16(12-17)14-27-8-10-28(11-9-27)22(30)20-6-7-29(26-20)15-31-21-5-4-18(24)13-19(21)25/h1-7,12-13H,8-11,14-15H2. The zero-order valence-electron chi connectivity index (χ0n) is 16.7. The van der Waals surface area contributed by atoms with Crippen LogP contribution in [0.5, 0.6) is 5.75 Å². The van der Waals surface area contributed by atoms with E-state index < -0.39 is 11.6 Å². The Hall–Kier alpha value is -2.97. The van der Waals surface area contributed by atoms with Crippen molar-refractivity contribution in [3.05, 3.63) is 82.6 Å². The Morgan fingerprint density at radius 1 is 1.06 bits per heavy atom. The number of carbonyl (C=O) groups excluding carboxylic acids is 1. The molecule has 0 saturated carbocycles. The Morgan fingerprint density at radius 3 is 2.61 bits per heavy atom. The maximum absolute atomic E-state index is 13.7. The van der Waals surface area contributed by atoms with Crippen molar-refractivity contribution in [1.29, 1.82) is 0 Å². The number of aromatic nitrogens is 2. The highest BCUT2D eigenvalue weighted by Crippen LogP contribution is 2.18. The van der Waals surface area contributed by atoms with Crippen LogP contribution in [-0.2, 0) is 13.3 Å². The number of hydrogen-bond acceptors (Lipinski definition) is 4. The Kier molecular flexibility index (Phi) is 6.48. The van der Waals surface area contributed by atoms with Gasteiger partial charge in [-0.1, -0.05) is 23.7 Å². The summed E-state index contributed by atoms with van der Waals surface area (Å²) in [6.07, 6.45) is 1.59. The summed E-state index contributed by atoms with van der Waals surface area (Å²) in [7, 11) is 0. The van der Waals surface area contributed by atoms with Crippen molar-refractivity contribution in [3.8, 4) is 5.75 Å². The minimum atomic E-state index is -0.792. The third-order valence-corrected chi connectivity index (χ3v) is 5.30. The van der Waals surface area contributed by atoms with Crippen LogP contribution in [0.2, 0.25) is 5.02 Å². The van der Waals surface area contributed by atoms with E-state index in [1.54, 1.807) is 17.2 Å². The fraction of sp³-hybridized carbons (Fsp3) is 0.273. The molecule has 162 valence electrons. The number of benzene rings is 2. The Morgan fingerprint density at radius 2 is 1.87 bits per heavy atom. The molecule has 3 aromatic rings. The van der Waals surface area contributed by atoms with Gasteiger partial charge in [-0.3, -0.25) is 9.69 Å². The summed E-state index contributed by atoms with van der Waals surface area (Å²) in [5.74, 6) is -1.71. The van der Waals surface area contributed by atoms with Crippen LogP contribution < -0.4 is 4.74 Å². The first-order valence-electron chi connectivity index (χ1n) is 9.85. The van der Waals surface area contributed by atoms with Crippen LogP contribution in [0.3, 0.4) is 0 Å². The quantitative estimate of drug-likeness (QED) is 0.578. The molecule has 0 spiro atoms. The Balaban J connectivity index is 1.29. The number of amides is 1. The van der Waals surface area contributed by atoms with Crippen molar-refractivity contribution < 1.29 is 18.3 Å². The zero-order valence-corrected chi connectivity index (χ0v) is 17.4. The Bertz CT molecular complexity index is 1070. The molecule has 31 heavy (non-hydrogen) atoms. The first kappa shape index (κ1) is 21.3. The fourth-order valence-corrected chi connectivity index (χ4v) is 3.65. The second-order valence-corrected chi connectivity index (χ2v) is 7.72. The minimum absolute atomic E-state index is 0.0828. The molecule has 0 aliphatic carbocycles. The monoisotopic (exact) mass is 446 g/mol. The first-order chi connectivity index (χ1) is 15.0. The highest BCUT2D eigenvalue weighted by Gasteiger charge is 2.23. The number of halogens is 3. The first-order valence-corrected chi connectivity index (χ1v) is 10.2. The van der Waals surface area contributed by atoms with Crippen LogP contribution >= 0.6 is 11.6 Å². The third kappa shape index (κ3) is 5.39. The van der Waals surface area contributed by atoms with Crippen molar-refractivity contribution >= 4 is 17.5 Å². The molecule has 0 N–H and O–H groups in total. The van der Waals surface area contributed by atoms with Gasteiger partial charge >= 0.3 is 0 Å². The summed E-state index contributed by atoms with van der Waals surface area (Å²) in [6.45, 7) is 3.41. The molecular formula is C22H21ClF2N4O2. The highest BCUT2D eigenvalue weighted by molar-refractivity contribution is 6.30. The highest BCUT2D eigenvalue weighted by atomic mass is 35.5. The fourth-order valence-electron chi connectivity index (χ4n) is 3.44. The number of rotatable bonds is 6. The summed E-state index contributed by atoms with van der Waals surface area (Å²) in [5, 5.41) is 4.94. The van der Waals surface area contributed by atoms with Crippen LogP contribution in [0.4, 0.5) is 8.78 Å². The van der Waals surface area contributed by atoms with Crippen molar-refractivity contribution in [1.82, 2.24) is 19.6 Å². The molecule has 6 nitrogen and oxygen atoms in total. The summed E-state index contributed by atoms with van der Waals surface area (Å²) in [6, 6.07) is 12.4. The van der Waals surface area contributed by atoms with E-state index in [2.05, 4.69) is 10.00 Å². The minimum Gasteiger partial charge on any atom is -0.468 e. The van der Waals surface area contributed by atoms with Crippen molar-refractivity contribution in [2.45, 2.75) is 13.3 Å². The van der Waals surface area contributed by atoms with Crippen molar-refractivity contribution in [3.63, 3.8) is 0 Å². The maximum Gasteiger partial charge on any atom is 0.274 e. The van der Waals surface area contributed by atoms with Gasteiger partial charge in [0, 0.05) is 50.0 Å². The lowest BCUT2D eigenvalue weighted by Crippen LogP contribution is -2.48. The van der Waals surface area contributed by atoms with E-state index in [1.807, 2.05) is 24.3 Å². The maximum atomic E-state index is 13.7. The molecule has 0 bridgehead atoms. The van der Waals surface area contributed by atoms with Gasteiger partial charge in [-0.25, -0.2) is 13.5 Å². The van der Waals surface area contributed by atoms with Crippen LogP contribution in [0.15, 0.2) is 54.7 Å². The second kappa shape index (κ2) is 9.45. The summed E-state index contributed by atoms with van der Waals surface area (Å²) >= 11 is 6.05. The molecule has 1 aromatic heterocycles. The van der Waals surface area contributed by atoms with Gasteiger partial charge in [0.15, 0.2) is 24.0 Å². The Labute approximate surface area is 183 Å². The lowest BCUT2D eigenvalue weighted by molar-refractivity contribution is 0.0620. The molecule has 0 unspecified atom stereocenters. The van der Waals surface area contributed by atoms with Gasteiger partial charge in [-0.05, 0) is 35.9 Å². The topological polar surface area (TPSA) is 50.6 Å². The predicted molar refractivity (Wildman–Crippen MR) is 112 cm³/mol. The van der Waals surface area contributed by atoms with E-state index >= 15 is 0 Å². The van der Waals surface area contributed by atoms with E-state index in [-0.39, 0.29) is 18.4 Å². The molecule has 2 heterocycles. The molecule has 1 aliphatic rings. The van der Waals surface area contributed by atoms with Gasteiger partial charge in [0.05, 0.1) is 0 Å². The molecule has 9 heteroatoms. The normalized spacial score (nSPS) is 14.6. The second-order valence-electron chi connectivity index (χ2n) is 7.29. The van der Waals surface area contributed by atoms with E-state index in [0.717, 1.165) is 37.3 Å². The van der Waals surface area contributed by atoms with E-state index in [0.29, 0.717) is 23.8 Å². The molecule has 1 saturated heterocycles. The average Bonchev–Trinajstić information content (AvgIpc) is 3.22. The summed E-state index contributed by atoms with van der Waals surface area (Å²) in [4.78, 5) is 16.8. The zero-order chi connectivity index (χ0) is 21.8. The molecule has 0 atom stereocenters. The SMILES string of the molecule is O=C(c1ccn(COc2ccc(F)cc2F)n1)N1CCN(Cc2cccc(Cl)c2)CC1. The third-order valence-electron chi connectivity index (χ3n) is 5.06. The number of piperazine rings is 1. The van der Waals surface area contributed by atoms with Gasteiger partial charge in [-0.15, -0.1) is 0 Å². The number of nitrogens with zero attached hydrogens (tertiary/aromatic N) is 4. The summed E-state index contributed by atoms with van der Waals surface area (Å²) in [5.41, 5.74) is 1.44. The van der Waals surface area contributed by atoms with E-state index in [4.69, 9.17) is 16.3 Å². The van der Waals surface area contributed by atoms with Crippen LogP contribution in [0.25, 0.3) is 0 Å². The van der Waals surface area contributed by atoms with Crippen LogP contribution in [0, 0.1) is 11.6 Å². The van der Waals surface area contributed by atoms with Crippen LogP contribution in [-0.4, -0.2) is 51.7 Å². The molecule has 4 rings (SSSR count). The molecule has 2 aromatic carbocycles. The van der Waals surface area contributed by atoms with E-state index in [1.165, 1.54) is 10.7 Å². The largest absolute Gasteiger partial charge is 0.468 e. The number of ether oxygens (including phenoxy) is 1. The van der Waals surface area contributed by atoms with Gasteiger partial charge in [-0.2, -0.15) is 5.10 Å². The predicted octanol–water partition coefficient (Wildman–Crippen LogP) is 3.81. The lowest BCUT2D eigenvalue weighted by Gasteiger charge is -2.34. The molecule has 0 radical (unpaired) electrons. The summed E-state index contributed by atoms with van der Waals surface area (Å²) < 4.78 is 33.3. The van der Waals surface area contributed by atoms with E-state index in [9.17, 15) is 13.6 Å². The molecule has 1 amide bonds. The lowest BCUT2D eigenvalue weighted by atomic mass is 10.2.